The summed E-state index contributed by atoms with van der Waals surface area (Å²) in [5.41, 5.74) is 3.77. The fraction of sp³-hybridized carbons (Fsp3) is 0.136. The first-order valence-corrected chi connectivity index (χ1v) is 9.52. The molecule has 0 bridgehead atoms. The molecule has 0 atom stereocenters. The fourth-order valence-corrected chi connectivity index (χ4v) is 3.05. The van der Waals surface area contributed by atoms with Gasteiger partial charge in [-0.25, -0.2) is 0 Å². The number of halogens is 2. The van der Waals surface area contributed by atoms with E-state index in [9.17, 15) is 4.79 Å². The first-order valence-electron chi connectivity index (χ1n) is 8.77. The molecule has 0 aliphatic rings. The summed E-state index contributed by atoms with van der Waals surface area (Å²) in [5.74, 6) is 0.691. The topological polar surface area (TPSA) is 50.4 Å². The summed E-state index contributed by atoms with van der Waals surface area (Å²) in [5, 5.41) is 7.30. The van der Waals surface area contributed by atoms with Crippen LogP contribution < -0.4 is 15.4 Å². The molecule has 3 aromatic carbocycles. The smallest absolute Gasteiger partial charge is 0.221 e. The van der Waals surface area contributed by atoms with Gasteiger partial charge < -0.3 is 15.4 Å². The lowest BCUT2D eigenvalue weighted by Gasteiger charge is -2.10. The summed E-state index contributed by atoms with van der Waals surface area (Å²) < 4.78 is 5.79. The Morgan fingerprint density at radius 2 is 1.61 bits per heavy atom. The Labute approximate surface area is 174 Å². The summed E-state index contributed by atoms with van der Waals surface area (Å²) in [6.45, 7) is 2.56. The number of amides is 1. The average Bonchev–Trinajstić information content (AvgIpc) is 2.67. The van der Waals surface area contributed by atoms with E-state index in [1.165, 1.54) is 6.92 Å². The largest absolute Gasteiger partial charge is 0.489 e. The standard InChI is InChI=1S/C22H20Cl2N2O2/c1-15(27)26-20-8-6-19(7-9-20)25-13-16-2-10-21(11-3-16)28-14-17-4-5-18(23)12-22(17)24/h2-12,25H,13-14H2,1H3,(H,26,27). The minimum atomic E-state index is -0.0821. The fourth-order valence-electron chi connectivity index (χ4n) is 2.58. The zero-order valence-corrected chi connectivity index (χ0v) is 16.8. The van der Waals surface area contributed by atoms with Crippen molar-refractivity contribution in [1.82, 2.24) is 0 Å². The minimum Gasteiger partial charge on any atom is -0.489 e. The average molecular weight is 415 g/mol. The SMILES string of the molecule is CC(=O)Nc1ccc(NCc2ccc(OCc3ccc(Cl)cc3Cl)cc2)cc1. The van der Waals surface area contributed by atoms with Crippen molar-refractivity contribution in [3.8, 4) is 5.75 Å². The Balaban J connectivity index is 1.50. The molecule has 144 valence electrons. The number of nitrogens with one attached hydrogen (secondary N) is 2. The van der Waals surface area contributed by atoms with Crippen molar-refractivity contribution in [2.45, 2.75) is 20.1 Å². The molecular weight excluding hydrogens is 395 g/mol. The van der Waals surface area contributed by atoms with Crippen LogP contribution in [0.1, 0.15) is 18.1 Å². The Bertz CT molecular complexity index is 942. The number of carbonyl (C=O) groups excluding carboxylic acids is 1. The van der Waals surface area contributed by atoms with Crippen molar-refractivity contribution in [2.75, 3.05) is 10.6 Å². The van der Waals surface area contributed by atoms with Crippen LogP contribution in [0.3, 0.4) is 0 Å². The molecule has 0 radical (unpaired) electrons. The molecule has 0 saturated carbocycles. The molecule has 4 nitrogen and oxygen atoms in total. The number of carbonyl (C=O) groups is 1. The van der Waals surface area contributed by atoms with Crippen molar-refractivity contribution >= 4 is 40.5 Å². The van der Waals surface area contributed by atoms with Gasteiger partial charge in [0.2, 0.25) is 5.91 Å². The van der Waals surface area contributed by atoms with Crippen molar-refractivity contribution < 1.29 is 9.53 Å². The molecule has 2 N–H and O–H groups in total. The van der Waals surface area contributed by atoms with E-state index >= 15 is 0 Å². The third-order valence-electron chi connectivity index (χ3n) is 4.03. The maximum Gasteiger partial charge on any atom is 0.221 e. The third kappa shape index (κ3) is 5.91. The summed E-state index contributed by atoms with van der Waals surface area (Å²) in [7, 11) is 0. The molecule has 0 aromatic heterocycles. The van der Waals surface area contributed by atoms with Gasteiger partial charge in [-0.1, -0.05) is 41.4 Å². The van der Waals surface area contributed by atoms with E-state index in [0.717, 1.165) is 28.3 Å². The zero-order valence-electron chi connectivity index (χ0n) is 15.3. The molecule has 3 aromatic rings. The Hall–Kier alpha value is -2.69. The first-order chi connectivity index (χ1) is 13.5. The molecule has 0 spiro atoms. The number of rotatable bonds is 7. The van der Waals surface area contributed by atoms with Crippen LogP contribution in [-0.4, -0.2) is 5.91 Å². The van der Waals surface area contributed by atoms with Gasteiger partial charge in [0.15, 0.2) is 0 Å². The minimum absolute atomic E-state index is 0.0821. The van der Waals surface area contributed by atoms with Gasteiger partial charge in [-0.05, 0) is 54.1 Å². The second kappa shape index (κ2) is 9.49. The Morgan fingerprint density at radius 3 is 2.25 bits per heavy atom. The maximum atomic E-state index is 11.0. The van der Waals surface area contributed by atoms with Crippen LogP contribution in [0.15, 0.2) is 66.7 Å². The van der Waals surface area contributed by atoms with Gasteiger partial charge in [0.05, 0.1) is 0 Å². The third-order valence-corrected chi connectivity index (χ3v) is 4.62. The van der Waals surface area contributed by atoms with Crippen molar-refractivity contribution in [3.05, 3.63) is 87.9 Å². The summed E-state index contributed by atoms with van der Waals surface area (Å²) in [6, 6.07) is 20.8. The number of ether oxygens (including phenoxy) is 1. The quantitative estimate of drug-likeness (QED) is 0.487. The van der Waals surface area contributed by atoms with E-state index in [4.69, 9.17) is 27.9 Å². The lowest BCUT2D eigenvalue weighted by atomic mass is 10.2. The highest BCUT2D eigenvalue weighted by Gasteiger charge is 2.03. The monoisotopic (exact) mass is 414 g/mol. The van der Waals surface area contributed by atoms with Gasteiger partial charge in [0, 0.05) is 40.5 Å². The highest BCUT2D eigenvalue weighted by Crippen LogP contribution is 2.23. The second-order valence-electron chi connectivity index (χ2n) is 6.28. The summed E-state index contributed by atoms with van der Waals surface area (Å²) >= 11 is 12.1. The molecule has 0 fully saturated rings. The molecule has 0 saturated heterocycles. The number of hydrogen-bond acceptors (Lipinski definition) is 3. The van der Waals surface area contributed by atoms with E-state index in [1.54, 1.807) is 12.1 Å². The van der Waals surface area contributed by atoms with Crippen LogP contribution in [0.4, 0.5) is 11.4 Å². The van der Waals surface area contributed by atoms with Crippen LogP contribution in [-0.2, 0) is 17.9 Å². The van der Waals surface area contributed by atoms with Crippen LogP contribution in [0.25, 0.3) is 0 Å². The number of hydrogen-bond donors (Lipinski definition) is 2. The first kappa shape index (κ1) is 20.1. The van der Waals surface area contributed by atoms with E-state index in [0.29, 0.717) is 23.2 Å². The predicted molar refractivity (Wildman–Crippen MR) is 115 cm³/mol. The second-order valence-corrected chi connectivity index (χ2v) is 7.12. The van der Waals surface area contributed by atoms with Crippen molar-refractivity contribution in [3.63, 3.8) is 0 Å². The Kier molecular flexibility index (Phi) is 6.80. The predicted octanol–water partition coefficient (Wildman–Crippen LogP) is 6.14. The van der Waals surface area contributed by atoms with Crippen molar-refractivity contribution in [2.24, 2.45) is 0 Å². The molecule has 3 rings (SSSR count). The summed E-state index contributed by atoms with van der Waals surface area (Å²) in [4.78, 5) is 11.0. The van der Waals surface area contributed by atoms with Gasteiger partial charge >= 0.3 is 0 Å². The van der Waals surface area contributed by atoms with Gasteiger partial charge in [0.1, 0.15) is 12.4 Å². The molecule has 6 heteroatoms. The molecule has 0 heterocycles. The van der Waals surface area contributed by atoms with Gasteiger partial charge in [-0.15, -0.1) is 0 Å². The number of anilines is 2. The molecular formula is C22H20Cl2N2O2. The van der Waals surface area contributed by atoms with Gasteiger partial charge in [-0.2, -0.15) is 0 Å². The lowest BCUT2D eigenvalue weighted by Crippen LogP contribution is -2.05. The van der Waals surface area contributed by atoms with Crippen LogP contribution in [0.2, 0.25) is 10.0 Å². The Morgan fingerprint density at radius 1 is 0.929 bits per heavy atom. The van der Waals surface area contributed by atoms with Crippen LogP contribution in [0, 0.1) is 0 Å². The molecule has 28 heavy (non-hydrogen) atoms. The molecule has 1 amide bonds. The molecule has 0 unspecified atom stereocenters. The molecule has 0 aliphatic carbocycles. The van der Waals surface area contributed by atoms with Gasteiger partial charge in [0.25, 0.3) is 0 Å². The van der Waals surface area contributed by atoms with Crippen molar-refractivity contribution in [1.29, 1.82) is 0 Å². The maximum absolute atomic E-state index is 11.0. The van der Waals surface area contributed by atoms with Crippen LogP contribution in [0.5, 0.6) is 5.75 Å². The lowest BCUT2D eigenvalue weighted by molar-refractivity contribution is -0.114. The van der Waals surface area contributed by atoms with E-state index in [1.807, 2.05) is 54.6 Å². The molecule has 0 aliphatic heterocycles. The van der Waals surface area contributed by atoms with Gasteiger partial charge in [-0.3, -0.25) is 4.79 Å². The normalized spacial score (nSPS) is 10.4. The summed E-state index contributed by atoms with van der Waals surface area (Å²) in [6.07, 6.45) is 0. The van der Waals surface area contributed by atoms with E-state index in [-0.39, 0.29) is 5.91 Å². The van der Waals surface area contributed by atoms with E-state index < -0.39 is 0 Å². The number of benzene rings is 3. The highest BCUT2D eigenvalue weighted by atomic mass is 35.5. The van der Waals surface area contributed by atoms with Crippen LogP contribution >= 0.6 is 23.2 Å². The zero-order chi connectivity index (χ0) is 19.9. The van der Waals surface area contributed by atoms with E-state index in [2.05, 4.69) is 10.6 Å². The highest BCUT2D eigenvalue weighted by molar-refractivity contribution is 6.35.